The number of carboxylic acid groups (broad SMARTS) is 1. The zero-order valence-electron chi connectivity index (χ0n) is 19.4. The SMILES string of the molecule is CC(C)(CC#N)C(=O)ON(C1CC(CCc2ccc3c(n2)NCCC3)C1)[C@@H](CCO)C(=O)O. The van der Waals surface area contributed by atoms with Crippen molar-refractivity contribution >= 4 is 17.8 Å². The Kier molecular flexibility index (Phi) is 8.27. The minimum atomic E-state index is -1.15. The highest BCUT2D eigenvalue weighted by Crippen LogP contribution is 2.37. The molecule has 0 saturated heterocycles. The van der Waals surface area contributed by atoms with Gasteiger partial charge in [-0.05, 0) is 76.3 Å². The van der Waals surface area contributed by atoms with Crippen molar-refractivity contribution in [2.75, 3.05) is 18.5 Å². The van der Waals surface area contributed by atoms with Crippen LogP contribution in [-0.2, 0) is 27.3 Å². The van der Waals surface area contributed by atoms with Crippen molar-refractivity contribution in [3.8, 4) is 6.07 Å². The molecular formula is C24H34N4O5. The number of rotatable bonds is 11. The van der Waals surface area contributed by atoms with Gasteiger partial charge in [0.15, 0.2) is 0 Å². The maximum atomic E-state index is 12.7. The largest absolute Gasteiger partial charge is 0.480 e. The first-order valence-electron chi connectivity index (χ1n) is 11.7. The summed E-state index contributed by atoms with van der Waals surface area (Å²) in [7, 11) is 0. The summed E-state index contributed by atoms with van der Waals surface area (Å²) in [5.41, 5.74) is 1.25. The Hall–Kier alpha value is -2.70. The molecule has 0 radical (unpaired) electrons. The van der Waals surface area contributed by atoms with Crippen LogP contribution in [0.3, 0.4) is 0 Å². The van der Waals surface area contributed by atoms with E-state index in [9.17, 15) is 19.8 Å². The number of fused-ring (bicyclic) bond motifs is 1. The number of hydrogen-bond acceptors (Lipinski definition) is 8. The van der Waals surface area contributed by atoms with E-state index in [4.69, 9.17) is 15.1 Å². The number of nitrogens with zero attached hydrogens (tertiary/aromatic N) is 3. The van der Waals surface area contributed by atoms with E-state index in [1.54, 1.807) is 13.8 Å². The maximum Gasteiger partial charge on any atom is 0.331 e. The van der Waals surface area contributed by atoms with E-state index in [1.807, 2.05) is 6.07 Å². The number of carbonyl (C=O) groups is 2. The number of hydrogen-bond donors (Lipinski definition) is 3. The molecule has 9 nitrogen and oxygen atoms in total. The smallest absolute Gasteiger partial charge is 0.331 e. The van der Waals surface area contributed by atoms with Crippen molar-refractivity contribution in [2.24, 2.45) is 11.3 Å². The molecule has 0 amide bonds. The number of aliphatic hydroxyl groups is 1. The van der Waals surface area contributed by atoms with Crippen molar-refractivity contribution < 1.29 is 24.6 Å². The molecule has 2 aliphatic rings. The van der Waals surface area contributed by atoms with Crippen LogP contribution in [-0.4, -0.2) is 57.4 Å². The van der Waals surface area contributed by atoms with Gasteiger partial charge in [0.2, 0.25) is 0 Å². The minimum absolute atomic E-state index is 0.0344. The van der Waals surface area contributed by atoms with Crippen molar-refractivity contribution in [3.63, 3.8) is 0 Å². The van der Waals surface area contributed by atoms with Gasteiger partial charge in [-0.1, -0.05) is 6.07 Å². The third-order valence-corrected chi connectivity index (χ3v) is 6.59. The predicted octanol–water partition coefficient (Wildman–Crippen LogP) is 2.69. The number of nitriles is 1. The molecule has 0 aromatic carbocycles. The van der Waals surface area contributed by atoms with Crippen molar-refractivity contribution in [2.45, 2.75) is 77.3 Å². The Labute approximate surface area is 194 Å². The molecule has 180 valence electrons. The van der Waals surface area contributed by atoms with Crippen LogP contribution >= 0.6 is 0 Å². The summed E-state index contributed by atoms with van der Waals surface area (Å²) in [6.07, 6.45) is 5.25. The number of carboxylic acids is 1. The van der Waals surface area contributed by atoms with Gasteiger partial charge < -0.3 is 20.4 Å². The molecule has 1 atom stereocenters. The van der Waals surface area contributed by atoms with Gasteiger partial charge in [-0.2, -0.15) is 5.26 Å². The molecular weight excluding hydrogens is 424 g/mol. The third kappa shape index (κ3) is 6.21. The molecule has 1 aliphatic heterocycles. The van der Waals surface area contributed by atoms with Gasteiger partial charge in [0.25, 0.3) is 0 Å². The van der Waals surface area contributed by atoms with E-state index >= 15 is 0 Å². The number of aliphatic carboxylic acids is 1. The Morgan fingerprint density at radius 1 is 1.39 bits per heavy atom. The molecule has 1 aliphatic carbocycles. The summed E-state index contributed by atoms with van der Waals surface area (Å²) < 4.78 is 0. The second kappa shape index (κ2) is 10.9. The van der Waals surface area contributed by atoms with Gasteiger partial charge in [-0.25, -0.2) is 9.78 Å². The minimum Gasteiger partial charge on any atom is -0.480 e. The fourth-order valence-corrected chi connectivity index (χ4v) is 4.37. The number of anilines is 1. The Morgan fingerprint density at radius 2 is 2.15 bits per heavy atom. The van der Waals surface area contributed by atoms with Crippen LogP contribution in [0.2, 0.25) is 0 Å². The molecule has 9 heteroatoms. The first kappa shape index (κ1) is 24.9. The zero-order valence-corrected chi connectivity index (χ0v) is 19.4. The summed E-state index contributed by atoms with van der Waals surface area (Å²) in [5.74, 6) is -0.430. The van der Waals surface area contributed by atoms with Gasteiger partial charge in [0.1, 0.15) is 11.9 Å². The van der Waals surface area contributed by atoms with Crippen LogP contribution in [0.5, 0.6) is 0 Å². The van der Waals surface area contributed by atoms with E-state index in [0.29, 0.717) is 18.8 Å². The Bertz CT molecular complexity index is 891. The standard InChI is InChI=1S/C24H34N4O5/c1-24(2,10-11-25)23(32)33-28(20(9-13-29)22(30)31)19-14-16(15-19)5-7-18-8-6-17-4-3-12-26-21(17)27-18/h6,8,16,19-20,29H,3-5,7,9-10,12-15H2,1-2H3,(H,26,27)(H,30,31)/t16?,19?,20-/m0/s1. The molecule has 1 saturated carbocycles. The van der Waals surface area contributed by atoms with Crippen LogP contribution in [0.15, 0.2) is 12.1 Å². The summed E-state index contributed by atoms with van der Waals surface area (Å²) in [4.78, 5) is 34.8. The molecule has 33 heavy (non-hydrogen) atoms. The first-order chi connectivity index (χ1) is 15.7. The normalized spacial score (nSPS) is 20.7. The molecule has 0 bridgehead atoms. The van der Waals surface area contributed by atoms with Gasteiger partial charge in [0.05, 0.1) is 17.9 Å². The number of aliphatic hydroxyl groups excluding tert-OH is 1. The second-order valence-corrected chi connectivity index (χ2v) is 9.69. The topological polar surface area (TPSA) is 136 Å². The zero-order chi connectivity index (χ0) is 24.0. The lowest BCUT2D eigenvalue weighted by Gasteiger charge is -2.44. The average Bonchev–Trinajstić information content (AvgIpc) is 2.75. The van der Waals surface area contributed by atoms with Crippen LogP contribution in [0.4, 0.5) is 5.82 Å². The van der Waals surface area contributed by atoms with Gasteiger partial charge in [0, 0.05) is 24.9 Å². The highest BCUT2D eigenvalue weighted by atomic mass is 16.7. The van der Waals surface area contributed by atoms with Crippen LogP contribution < -0.4 is 5.32 Å². The number of hydroxylamine groups is 2. The van der Waals surface area contributed by atoms with E-state index < -0.39 is 23.4 Å². The van der Waals surface area contributed by atoms with Crippen LogP contribution in [0.1, 0.15) is 63.6 Å². The fourth-order valence-electron chi connectivity index (χ4n) is 4.37. The monoisotopic (exact) mass is 458 g/mol. The van der Waals surface area contributed by atoms with E-state index in [0.717, 1.165) is 43.7 Å². The second-order valence-electron chi connectivity index (χ2n) is 9.69. The van der Waals surface area contributed by atoms with Crippen molar-refractivity contribution in [1.82, 2.24) is 10.0 Å². The predicted molar refractivity (Wildman–Crippen MR) is 121 cm³/mol. The maximum absolute atomic E-state index is 12.7. The molecule has 0 spiro atoms. The average molecular weight is 459 g/mol. The molecule has 2 heterocycles. The molecule has 0 unspecified atom stereocenters. The fraction of sp³-hybridized carbons (Fsp3) is 0.667. The highest BCUT2D eigenvalue weighted by Gasteiger charge is 2.43. The lowest BCUT2D eigenvalue weighted by molar-refractivity contribution is -0.240. The first-order valence-corrected chi connectivity index (χ1v) is 11.7. The Morgan fingerprint density at radius 3 is 2.82 bits per heavy atom. The summed E-state index contributed by atoms with van der Waals surface area (Å²) in [6.45, 7) is 3.82. The third-order valence-electron chi connectivity index (χ3n) is 6.59. The number of aromatic nitrogens is 1. The Balaban J connectivity index is 1.60. The quantitative estimate of drug-likeness (QED) is 0.428. The summed E-state index contributed by atoms with van der Waals surface area (Å²) in [5, 5.41) is 32.6. The summed E-state index contributed by atoms with van der Waals surface area (Å²) >= 11 is 0. The number of carbonyl (C=O) groups excluding carboxylic acids is 1. The highest BCUT2D eigenvalue weighted by molar-refractivity contribution is 5.77. The number of nitrogens with one attached hydrogen (secondary N) is 1. The van der Waals surface area contributed by atoms with E-state index in [1.165, 1.54) is 10.6 Å². The van der Waals surface area contributed by atoms with E-state index in [-0.39, 0.29) is 25.5 Å². The van der Waals surface area contributed by atoms with Gasteiger partial charge in [-0.15, -0.1) is 5.06 Å². The molecule has 1 fully saturated rings. The van der Waals surface area contributed by atoms with E-state index in [2.05, 4.69) is 17.4 Å². The van der Waals surface area contributed by atoms with Crippen molar-refractivity contribution in [1.29, 1.82) is 5.26 Å². The molecule has 1 aromatic rings. The molecule has 3 N–H and O–H groups in total. The molecule has 3 rings (SSSR count). The van der Waals surface area contributed by atoms with Crippen LogP contribution in [0.25, 0.3) is 0 Å². The lowest BCUT2D eigenvalue weighted by atomic mass is 9.76. The van der Waals surface area contributed by atoms with Gasteiger partial charge in [-0.3, -0.25) is 4.79 Å². The van der Waals surface area contributed by atoms with Gasteiger partial charge >= 0.3 is 11.9 Å². The molecule has 1 aromatic heterocycles. The summed E-state index contributed by atoms with van der Waals surface area (Å²) in [6, 6.07) is 4.83. The number of pyridine rings is 1. The number of aryl methyl sites for hydroxylation is 2. The van der Waals surface area contributed by atoms with Crippen molar-refractivity contribution in [3.05, 3.63) is 23.4 Å². The van der Waals surface area contributed by atoms with Crippen LogP contribution in [0, 0.1) is 22.7 Å². The lowest BCUT2D eigenvalue weighted by Crippen LogP contribution is -2.54.